The van der Waals surface area contributed by atoms with Crippen LogP contribution in [0.4, 0.5) is 5.82 Å². The van der Waals surface area contributed by atoms with Crippen molar-refractivity contribution in [1.29, 1.82) is 0 Å². The van der Waals surface area contributed by atoms with E-state index in [0.29, 0.717) is 83.9 Å². The normalized spacial score (nSPS) is 12.3. The summed E-state index contributed by atoms with van der Waals surface area (Å²) in [5.74, 6) is 1.21. The molecule has 5 aromatic rings. The van der Waals surface area contributed by atoms with E-state index in [9.17, 15) is 0 Å². The molecule has 0 aliphatic carbocycles. The molecule has 240 valence electrons. The summed E-state index contributed by atoms with van der Waals surface area (Å²) >= 11 is 0. The van der Waals surface area contributed by atoms with Gasteiger partial charge < -0.3 is 39.7 Å². The molecule has 0 spiro atoms. The molecule has 0 aliphatic heterocycles. The number of fused-ring (bicyclic) bond motifs is 3. The Morgan fingerprint density at radius 2 is 1.67 bits per heavy atom. The summed E-state index contributed by atoms with van der Waals surface area (Å²) in [6.45, 7) is 7.63. The number of nitrogens with two attached hydrogens (primary N) is 2. The van der Waals surface area contributed by atoms with Crippen molar-refractivity contribution in [3.05, 3.63) is 72.3 Å². The maximum atomic E-state index is 6.28. The summed E-state index contributed by atoms with van der Waals surface area (Å²) < 4.78 is 32.1. The van der Waals surface area contributed by atoms with Crippen LogP contribution >= 0.6 is 0 Å². The van der Waals surface area contributed by atoms with Crippen LogP contribution in [0.1, 0.15) is 24.2 Å². The molecule has 4 N–H and O–H groups in total. The average Bonchev–Trinajstić information content (AvgIpc) is 3.71. The zero-order valence-electron chi connectivity index (χ0n) is 25.7. The Balaban J connectivity index is 1.10. The molecule has 0 saturated carbocycles. The Hall–Kier alpha value is -4.14. The number of ether oxygens (including phenoxy) is 5. The molecule has 13 nitrogen and oxygen atoms in total. The predicted octanol–water partition coefficient (Wildman–Crippen LogP) is 3.17. The van der Waals surface area contributed by atoms with Gasteiger partial charge in [0.05, 0.1) is 82.4 Å². The van der Waals surface area contributed by atoms with E-state index in [4.69, 9.17) is 35.2 Å². The van der Waals surface area contributed by atoms with Gasteiger partial charge in [0.2, 0.25) is 0 Å². The van der Waals surface area contributed by atoms with Crippen LogP contribution < -0.4 is 16.2 Å². The van der Waals surface area contributed by atoms with Crippen LogP contribution in [-0.4, -0.2) is 88.9 Å². The fourth-order valence-electron chi connectivity index (χ4n) is 5.00. The van der Waals surface area contributed by atoms with E-state index in [1.807, 2.05) is 49.8 Å². The second-order valence-electron chi connectivity index (χ2n) is 10.4. The lowest BCUT2D eigenvalue weighted by Gasteiger charge is -2.20. The van der Waals surface area contributed by atoms with E-state index in [1.54, 1.807) is 4.68 Å². The van der Waals surface area contributed by atoms with Gasteiger partial charge in [0.15, 0.2) is 5.82 Å². The lowest BCUT2D eigenvalue weighted by molar-refractivity contribution is 0.0113. The Bertz CT molecular complexity index is 1610. The third-order valence-electron chi connectivity index (χ3n) is 7.17. The number of rotatable bonds is 20. The Kier molecular flexibility index (Phi) is 12.0. The summed E-state index contributed by atoms with van der Waals surface area (Å²) in [5, 5.41) is 9.34. The number of hydrogen-bond acceptors (Lipinski definition) is 11. The largest absolute Gasteiger partial charge is 0.492 e. The standard InChI is InChI=1S/C32H42N8O5/c1-2-41-22-26(40-23-35-30-31(40)28-5-3-4-6-29(28)36-32(30)34)19-24-7-9-27(10-8-24)45-14-12-39-20-25(37-38-39)21-44-18-17-43-16-15-42-13-11-33/h3-10,20,23,26H,2,11-19,21-22,33H2,1H3,(H2,34,36)/t26-/m0/s1. The number of aromatic nitrogens is 6. The highest BCUT2D eigenvalue weighted by Gasteiger charge is 2.19. The number of nitrogens with zero attached hydrogens (tertiary/aromatic N) is 6. The molecule has 0 unspecified atom stereocenters. The number of anilines is 1. The average molecular weight is 619 g/mol. The van der Waals surface area contributed by atoms with E-state index < -0.39 is 0 Å². The first-order valence-electron chi connectivity index (χ1n) is 15.3. The summed E-state index contributed by atoms with van der Waals surface area (Å²) in [7, 11) is 0. The zero-order valence-corrected chi connectivity index (χ0v) is 25.7. The van der Waals surface area contributed by atoms with E-state index >= 15 is 0 Å². The van der Waals surface area contributed by atoms with Crippen LogP contribution in [0, 0.1) is 0 Å². The van der Waals surface area contributed by atoms with Crippen LogP contribution in [0.25, 0.3) is 21.9 Å². The molecule has 0 radical (unpaired) electrons. The van der Waals surface area contributed by atoms with Crippen molar-refractivity contribution in [2.75, 3.05) is 65.1 Å². The highest BCUT2D eigenvalue weighted by atomic mass is 16.5. The first-order valence-corrected chi connectivity index (χ1v) is 15.3. The molecule has 13 heteroatoms. The molecule has 3 aromatic heterocycles. The fraction of sp³-hybridized carbons (Fsp3) is 0.438. The zero-order chi connectivity index (χ0) is 31.3. The molecule has 5 rings (SSSR count). The third kappa shape index (κ3) is 8.96. The van der Waals surface area contributed by atoms with Crippen LogP contribution in [-0.2, 0) is 38.5 Å². The number of para-hydroxylation sites is 1. The molecule has 0 bridgehead atoms. The molecule has 0 amide bonds. The molecule has 3 heterocycles. The summed E-state index contributed by atoms with van der Waals surface area (Å²) in [4.78, 5) is 9.16. The SMILES string of the molecule is CCOC[C@H](Cc1ccc(OCCn2cc(COCCOCCOCCN)nn2)cc1)n1cnc2c(N)nc3ccccc3c21. The predicted molar refractivity (Wildman–Crippen MR) is 171 cm³/mol. The van der Waals surface area contributed by atoms with Gasteiger partial charge in [-0.15, -0.1) is 5.10 Å². The van der Waals surface area contributed by atoms with E-state index in [1.165, 1.54) is 0 Å². The van der Waals surface area contributed by atoms with Gasteiger partial charge in [-0.25, -0.2) is 14.6 Å². The van der Waals surface area contributed by atoms with Gasteiger partial charge in [0.25, 0.3) is 0 Å². The number of benzene rings is 2. The Labute approximate surface area is 262 Å². The van der Waals surface area contributed by atoms with Crippen LogP contribution in [0.15, 0.2) is 61.1 Å². The lowest BCUT2D eigenvalue weighted by atomic mass is 10.1. The van der Waals surface area contributed by atoms with Gasteiger partial charge >= 0.3 is 0 Å². The molecule has 45 heavy (non-hydrogen) atoms. The quantitative estimate of drug-likeness (QED) is 0.123. The fourth-order valence-corrected chi connectivity index (χ4v) is 5.00. The van der Waals surface area contributed by atoms with Gasteiger partial charge in [-0.05, 0) is 37.1 Å². The van der Waals surface area contributed by atoms with Crippen molar-refractivity contribution in [1.82, 2.24) is 29.5 Å². The minimum absolute atomic E-state index is 0.0195. The van der Waals surface area contributed by atoms with Gasteiger partial charge in [-0.3, -0.25) is 0 Å². The summed E-state index contributed by atoms with van der Waals surface area (Å²) in [5.41, 5.74) is 16.1. The number of imidazole rings is 1. The Morgan fingerprint density at radius 1 is 0.889 bits per heavy atom. The molecule has 1 atom stereocenters. The molecule has 0 fully saturated rings. The van der Waals surface area contributed by atoms with Gasteiger partial charge in [0.1, 0.15) is 23.6 Å². The minimum atomic E-state index is 0.0195. The highest BCUT2D eigenvalue weighted by molar-refractivity contribution is 6.06. The molecule has 2 aromatic carbocycles. The van der Waals surface area contributed by atoms with E-state index in [0.717, 1.165) is 39.8 Å². The minimum Gasteiger partial charge on any atom is -0.492 e. The first-order chi connectivity index (χ1) is 22.2. The van der Waals surface area contributed by atoms with Crippen LogP contribution in [0.3, 0.4) is 0 Å². The first kappa shape index (κ1) is 32.3. The van der Waals surface area contributed by atoms with Crippen molar-refractivity contribution in [2.45, 2.75) is 32.5 Å². The van der Waals surface area contributed by atoms with E-state index in [2.05, 4.69) is 43.0 Å². The third-order valence-corrected chi connectivity index (χ3v) is 7.17. The Morgan fingerprint density at radius 3 is 2.47 bits per heavy atom. The van der Waals surface area contributed by atoms with Crippen molar-refractivity contribution in [3.63, 3.8) is 0 Å². The molecular weight excluding hydrogens is 576 g/mol. The van der Waals surface area contributed by atoms with Crippen molar-refractivity contribution >= 4 is 27.8 Å². The van der Waals surface area contributed by atoms with Crippen molar-refractivity contribution < 1.29 is 23.7 Å². The van der Waals surface area contributed by atoms with Crippen LogP contribution in [0.2, 0.25) is 0 Å². The number of hydrogen-bond donors (Lipinski definition) is 2. The monoisotopic (exact) mass is 618 g/mol. The maximum absolute atomic E-state index is 6.28. The molecule has 0 aliphatic rings. The van der Waals surface area contributed by atoms with Gasteiger partial charge in [0, 0.05) is 18.5 Å². The smallest absolute Gasteiger partial charge is 0.152 e. The summed E-state index contributed by atoms with van der Waals surface area (Å²) in [6, 6.07) is 16.2. The van der Waals surface area contributed by atoms with Crippen molar-refractivity contribution in [3.8, 4) is 5.75 Å². The molecule has 0 saturated heterocycles. The lowest BCUT2D eigenvalue weighted by Crippen LogP contribution is -2.18. The number of pyridine rings is 1. The second-order valence-corrected chi connectivity index (χ2v) is 10.4. The van der Waals surface area contributed by atoms with Gasteiger partial charge in [-0.1, -0.05) is 35.5 Å². The summed E-state index contributed by atoms with van der Waals surface area (Å²) in [6.07, 6.45) is 4.45. The molecular formula is C32H42N8O5. The van der Waals surface area contributed by atoms with Gasteiger partial charge in [-0.2, -0.15) is 0 Å². The number of nitrogen functional groups attached to an aromatic ring is 1. The second kappa shape index (κ2) is 16.8. The maximum Gasteiger partial charge on any atom is 0.152 e. The van der Waals surface area contributed by atoms with E-state index in [-0.39, 0.29) is 6.04 Å². The topological polar surface area (TPSA) is 160 Å². The van der Waals surface area contributed by atoms with Crippen molar-refractivity contribution in [2.24, 2.45) is 5.73 Å². The highest BCUT2D eigenvalue weighted by Crippen LogP contribution is 2.30. The van der Waals surface area contributed by atoms with Crippen LogP contribution in [0.5, 0.6) is 5.75 Å².